The molecule has 0 aliphatic carbocycles. The number of hydrogen-bond donors (Lipinski definition) is 2. The molecule has 0 fully saturated rings. The van der Waals surface area contributed by atoms with Gasteiger partial charge in [-0.05, 0) is 41.6 Å². The molecule has 0 atom stereocenters. The van der Waals surface area contributed by atoms with Gasteiger partial charge in [0, 0.05) is 5.69 Å². The molecule has 4 nitrogen and oxygen atoms in total. The Morgan fingerprint density at radius 2 is 1.77 bits per heavy atom. The van der Waals surface area contributed by atoms with E-state index in [0.717, 1.165) is 16.8 Å². The van der Waals surface area contributed by atoms with Crippen LogP contribution >= 0.6 is 12.2 Å². The lowest BCUT2D eigenvalue weighted by molar-refractivity contribution is -0.133. The number of ether oxygens (including phenoxy) is 1. The number of nitrogens with one attached hydrogen (secondary N) is 1. The van der Waals surface area contributed by atoms with Gasteiger partial charge in [-0.1, -0.05) is 42.5 Å². The molecule has 0 amide bonds. The predicted octanol–water partition coefficient (Wildman–Crippen LogP) is 3.06. The average molecular weight is 312 g/mol. The molecule has 112 valence electrons. The number of methoxy groups -OCH3 is 1. The first-order valence-corrected chi connectivity index (χ1v) is 7.03. The number of nitrogens with two attached hydrogens (primary N) is 1. The van der Waals surface area contributed by atoms with E-state index in [4.69, 9.17) is 22.7 Å². The number of anilines is 1. The zero-order valence-electron chi connectivity index (χ0n) is 12.1. The molecular weight excluding hydrogens is 296 g/mol. The number of carbonyl (C=O) groups is 1. The maximum absolute atomic E-state index is 12.0. The van der Waals surface area contributed by atoms with Gasteiger partial charge in [0.05, 0.1) is 12.7 Å². The van der Waals surface area contributed by atoms with Crippen molar-refractivity contribution in [3.8, 4) is 0 Å². The Bertz CT molecular complexity index is 694. The lowest BCUT2D eigenvalue weighted by Gasteiger charge is -2.07. The first-order valence-electron chi connectivity index (χ1n) is 6.62. The van der Waals surface area contributed by atoms with Gasteiger partial charge in [0.15, 0.2) is 5.11 Å². The molecule has 2 aromatic carbocycles. The quantitative estimate of drug-likeness (QED) is 0.393. The van der Waals surface area contributed by atoms with Crippen molar-refractivity contribution in [3.05, 3.63) is 65.7 Å². The van der Waals surface area contributed by atoms with Crippen molar-refractivity contribution in [2.45, 2.75) is 0 Å². The predicted molar refractivity (Wildman–Crippen MR) is 93.2 cm³/mol. The second-order valence-electron chi connectivity index (χ2n) is 4.53. The van der Waals surface area contributed by atoms with Crippen LogP contribution in [0.5, 0.6) is 0 Å². The molecular formula is C17H16N2O2S. The Morgan fingerprint density at radius 1 is 1.14 bits per heavy atom. The highest BCUT2D eigenvalue weighted by Crippen LogP contribution is 2.20. The van der Waals surface area contributed by atoms with E-state index in [9.17, 15) is 4.79 Å². The molecule has 0 unspecified atom stereocenters. The van der Waals surface area contributed by atoms with Crippen molar-refractivity contribution in [2.75, 3.05) is 12.4 Å². The summed E-state index contributed by atoms with van der Waals surface area (Å²) < 4.78 is 4.86. The molecule has 2 rings (SSSR count). The van der Waals surface area contributed by atoms with Crippen LogP contribution in [0.3, 0.4) is 0 Å². The van der Waals surface area contributed by atoms with Crippen molar-refractivity contribution in [3.63, 3.8) is 0 Å². The van der Waals surface area contributed by atoms with Crippen LogP contribution < -0.4 is 11.1 Å². The highest BCUT2D eigenvalue weighted by molar-refractivity contribution is 7.80. The Labute approximate surface area is 134 Å². The number of thiocarbonyl (C=S) groups is 1. The summed E-state index contributed by atoms with van der Waals surface area (Å²) in [6.07, 6.45) is 1.78. The van der Waals surface area contributed by atoms with Crippen LogP contribution in [-0.4, -0.2) is 18.2 Å². The standard InChI is InChI=1S/C17H16N2O2S/c1-21-16(20)15(13-5-3-2-4-6-13)11-12-7-9-14(10-8-12)19-17(18)22/h2-11H,1H3,(H3,18,19,22). The van der Waals surface area contributed by atoms with Crippen LogP contribution in [0.4, 0.5) is 5.69 Å². The lowest BCUT2D eigenvalue weighted by atomic mass is 10.0. The molecule has 0 heterocycles. The molecule has 2 aromatic rings. The summed E-state index contributed by atoms with van der Waals surface area (Å²) in [5, 5.41) is 3.06. The average Bonchev–Trinajstić information content (AvgIpc) is 2.53. The second-order valence-corrected chi connectivity index (χ2v) is 4.97. The smallest absolute Gasteiger partial charge is 0.338 e. The summed E-state index contributed by atoms with van der Waals surface area (Å²) in [6.45, 7) is 0. The Morgan fingerprint density at radius 3 is 2.32 bits per heavy atom. The monoisotopic (exact) mass is 312 g/mol. The Hall–Kier alpha value is -2.66. The fourth-order valence-electron chi connectivity index (χ4n) is 1.96. The van der Waals surface area contributed by atoms with Gasteiger partial charge in [-0.3, -0.25) is 0 Å². The number of rotatable bonds is 4. The zero-order chi connectivity index (χ0) is 15.9. The van der Waals surface area contributed by atoms with E-state index in [-0.39, 0.29) is 11.1 Å². The van der Waals surface area contributed by atoms with Gasteiger partial charge in [0.2, 0.25) is 0 Å². The van der Waals surface area contributed by atoms with E-state index in [1.165, 1.54) is 7.11 Å². The van der Waals surface area contributed by atoms with E-state index >= 15 is 0 Å². The highest BCUT2D eigenvalue weighted by Gasteiger charge is 2.11. The normalized spacial score (nSPS) is 10.9. The number of esters is 1. The van der Waals surface area contributed by atoms with E-state index in [0.29, 0.717) is 5.57 Å². The molecule has 3 N–H and O–H groups in total. The summed E-state index contributed by atoms with van der Waals surface area (Å²) in [5.41, 5.74) is 8.40. The maximum Gasteiger partial charge on any atom is 0.338 e. The molecule has 0 bridgehead atoms. The third kappa shape index (κ3) is 4.17. The summed E-state index contributed by atoms with van der Waals surface area (Å²) in [7, 11) is 1.37. The molecule has 0 spiro atoms. The van der Waals surface area contributed by atoms with Gasteiger partial charge < -0.3 is 15.8 Å². The summed E-state index contributed by atoms with van der Waals surface area (Å²) in [5.74, 6) is -0.378. The zero-order valence-corrected chi connectivity index (χ0v) is 12.9. The first kappa shape index (κ1) is 15.7. The van der Waals surface area contributed by atoms with E-state index < -0.39 is 0 Å². The van der Waals surface area contributed by atoms with Gasteiger partial charge >= 0.3 is 5.97 Å². The van der Waals surface area contributed by atoms with Crippen LogP contribution in [0.1, 0.15) is 11.1 Å². The highest BCUT2D eigenvalue weighted by atomic mass is 32.1. The molecule has 0 radical (unpaired) electrons. The molecule has 0 saturated heterocycles. The Kier molecular flexibility index (Phi) is 5.27. The number of carbonyl (C=O) groups excluding carboxylic acids is 1. The summed E-state index contributed by atoms with van der Waals surface area (Å²) >= 11 is 4.79. The second kappa shape index (κ2) is 7.38. The molecule has 22 heavy (non-hydrogen) atoms. The van der Waals surface area contributed by atoms with Crippen molar-refractivity contribution in [1.29, 1.82) is 0 Å². The third-order valence-corrected chi connectivity index (χ3v) is 3.08. The van der Waals surface area contributed by atoms with Crippen LogP contribution in [0, 0.1) is 0 Å². The van der Waals surface area contributed by atoms with Gasteiger partial charge in [-0.25, -0.2) is 4.79 Å². The number of benzene rings is 2. The molecule has 0 aliphatic rings. The van der Waals surface area contributed by atoms with Crippen molar-refractivity contribution in [2.24, 2.45) is 5.73 Å². The minimum absolute atomic E-state index is 0.211. The molecule has 0 saturated carbocycles. The fourth-order valence-corrected chi connectivity index (χ4v) is 2.08. The SMILES string of the molecule is COC(=O)C(=Cc1ccc(NC(N)=S)cc1)c1ccccc1. The van der Waals surface area contributed by atoms with Gasteiger partial charge in [0.1, 0.15) is 0 Å². The van der Waals surface area contributed by atoms with Crippen LogP contribution in [0.15, 0.2) is 54.6 Å². The molecule has 0 aliphatic heterocycles. The van der Waals surface area contributed by atoms with E-state index in [2.05, 4.69) is 5.32 Å². The topological polar surface area (TPSA) is 64.3 Å². The molecule has 0 aromatic heterocycles. The largest absolute Gasteiger partial charge is 0.465 e. The van der Waals surface area contributed by atoms with E-state index in [1.807, 2.05) is 54.6 Å². The number of hydrogen-bond acceptors (Lipinski definition) is 3. The van der Waals surface area contributed by atoms with Gasteiger partial charge in [-0.2, -0.15) is 0 Å². The van der Waals surface area contributed by atoms with Crippen LogP contribution in [0.2, 0.25) is 0 Å². The molecule has 5 heteroatoms. The van der Waals surface area contributed by atoms with Crippen molar-refractivity contribution < 1.29 is 9.53 Å². The fraction of sp³-hybridized carbons (Fsp3) is 0.0588. The van der Waals surface area contributed by atoms with Crippen LogP contribution in [0.25, 0.3) is 11.6 Å². The van der Waals surface area contributed by atoms with Gasteiger partial charge in [-0.15, -0.1) is 0 Å². The minimum atomic E-state index is -0.378. The van der Waals surface area contributed by atoms with Crippen molar-refractivity contribution in [1.82, 2.24) is 0 Å². The summed E-state index contributed by atoms with van der Waals surface area (Å²) in [6, 6.07) is 16.8. The lowest BCUT2D eigenvalue weighted by Crippen LogP contribution is -2.18. The summed E-state index contributed by atoms with van der Waals surface area (Å²) in [4.78, 5) is 12.0. The van der Waals surface area contributed by atoms with E-state index in [1.54, 1.807) is 6.08 Å². The first-order chi connectivity index (χ1) is 10.6. The Balaban J connectivity index is 2.33. The minimum Gasteiger partial charge on any atom is -0.465 e. The van der Waals surface area contributed by atoms with Crippen LogP contribution in [-0.2, 0) is 9.53 Å². The van der Waals surface area contributed by atoms with Crippen molar-refractivity contribution >= 4 is 40.6 Å². The third-order valence-electron chi connectivity index (χ3n) is 2.98. The maximum atomic E-state index is 12.0. The van der Waals surface area contributed by atoms with Gasteiger partial charge in [0.25, 0.3) is 0 Å².